The highest BCUT2D eigenvalue weighted by Gasteiger charge is 2.57. The molecule has 2 unspecified atom stereocenters. The van der Waals surface area contributed by atoms with Gasteiger partial charge in [-0.3, -0.25) is 0 Å². The number of halogens is 4. The Labute approximate surface area is 220 Å². The van der Waals surface area contributed by atoms with Gasteiger partial charge in [-0.05, 0) is 61.9 Å². The number of benzene rings is 3. The van der Waals surface area contributed by atoms with Crippen LogP contribution in [0.2, 0.25) is 0 Å². The molecule has 1 fully saturated rings. The van der Waals surface area contributed by atoms with Gasteiger partial charge in [0.25, 0.3) is 0 Å². The molecule has 0 radical (unpaired) electrons. The van der Waals surface area contributed by atoms with E-state index < -0.39 is 28.9 Å². The summed E-state index contributed by atoms with van der Waals surface area (Å²) in [4.78, 5) is 0. The minimum atomic E-state index is -5.07. The molecule has 3 heterocycles. The summed E-state index contributed by atoms with van der Waals surface area (Å²) in [5.74, 6) is -1.22. The van der Waals surface area contributed by atoms with Gasteiger partial charge in [0.1, 0.15) is 17.4 Å². The molecule has 0 bridgehead atoms. The van der Waals surface area contributed by atoms with Crippen molar-refractivity contribution in [2.75, 3.05) is 6.61 Å². The van der Waals surface area contributed by atoms with E-state index in [1.165, 1.54) is 53.3 Å². The number of para-hydroxylation sites is 1. The molecule has 0 spiro atoms. The highest BCUT2D eigenvalue weighted by molar-refractivity contribution is 5.86. The number of ether oxygens (including phenoxy) is 2. The van der Waals surface area contributed by atoms with Gasteiger partial charge in [0, 0.05) is 22.7 Å². The Morgan fingerprint density at radius 1 is 1.03 bits per heavy atom. The number of hydrogen-bond acceptors (Lipinski definition) is 5. The summed E-state index contributed by atoms with van der Waals surface area (Å²) in [6.07, 6.45) is -4.12. The summed E-state index contributed by atoms with van der Waals surface area (Å²) in [6.45, 7) is 4.08. The molecular formula is C28H24F4N4O3. The molecule has 6 rings (SSSR count). The summed E-state index contributed by atoms with van der Waals surface area (Å²) in [5, 5.41) is 19.9. The van der Waals surface area contributed by atoms with Gasteiger partial charge in [0.2, 0.25) is 5.60 Å². The number of alkyl halides is 3. The third kappa shape index (κ3) is 4.26. The van der Waals surface area contributed by atoms with Crippen LogP contribution in [0.5, 0.6) is 0 Å². The molecule has 202 valence electrons. The molecule has 11 heteroatoms. The third-order valence-corrected chi connectivity index (χ3v) is 6.99. The molecule has 1 saturated heterocycles. The zero-order chi connectivity index (χ0) is 27.6. The zero-order valence-electron chi connectivity index (χ0n) is 21.0. The maximum atomic E-state index is 14.8. The van der Waals surface area contributed by atoms with E-state index in [9.17, 15) is 22.7 Å². The van der Waals surface area contributed by atoms with Crippen LogP contribution in [-0.2, 0) is 21.6 Å². The molecule has 5 aromatic rings. The first-order chi connectivity index (χ1) is 18.5. The molecule has 1 N–H and O–H groups in total. The van der Waals surface area contributed by atoms with Crippen LogP contribution in [0.15, 0.2) is 72.9 Å². The number of aromatic nitrogens is 4. The van der Waals surface area contributed by atoms with Crippen LogP contribution in [0.3, 0.4) is 0 Å². The van der Waals surface area contributed by atoms with Crippen LogP contribution in [-0.4, -0.2) is 49.3 Å². The SMILES string of the molecule is CC1(C)OCC(Cn2cc(C(O)(c3ccc4c(c3)nnn4-c3ccc(F)cc3)C(F)(F)F)c3ccccc32)O1. The van der Waals surface area contributed by atoms with Gasteiger partial charge < -0.3 is 19.1 Å². The standard InChI is InChI=1S/C28H24F4N4O3/c1-26(2)38-16-20(39-26)14-35-15-22(21-5-3-4-6-24(21)35)27(37,28(30,31)32)17-7-12-25-23(13-17)33-34-36(25)19-10-8-18(29)9-11-19/h3-13,15,20,37H,14,16H2,1-2H3. The van der Waals surface area contributed by atoms with Crippen LogP contribution in [0.25, 0.3) is 27.6 Å². The fourth-order valence-electron chi connectivity index (χ4n) is 5.15. The number of aliphatic hydroxyl groups is 1. The largest absolute Gasteiger partial charge is 0.425 e. The highest BCUT2D eigenvalue weighted by atomic mass is 19.4. The first kappa shape index (κ1) is 25.5. The van der Waals surface area contributed by atoms with Crippen LogP contribution in [0.1, 0.15) is 25.0 Å². The normalized spacial score (nSPS) is 19.1. The Kier molecular flexibility index (Phi) is 5.79. The van der Waals surface area contributed by atoms with E-state index in [1.54, 1.807) is 42.7 Å². The van der Waals surface area contributed by atoms with Gasteiger partial charge in [-0.15, -0.1) is 5.10 Å². The average Bonchev–Trinajstić information content (AvgIpc) is 3.58. The lowest BCUT2D eigenvalue weighted by molar-refractivity contribution is -0.247. The van der Waals surface area contributed by atoms with Crippen molar-refractivity contribution in [2.45, 2.75) is 44.1 Å². The number of hydrogen-bond donors (Lipinski definition) is 1. The summed E-state index contributed by atoms with van der Waals surface area (Å²) < 4.78 is 72.4. The van der Waals surface area contributed by atoms with E-state index in [0.717, 1.165) is 0 Å². The third-order valence-electron chi connectivity index (χ3n) is 6.99. The lowest BCUT2D eigenvalue weighted by Gasteiger charge is -2.31. The Bertz CT molecular complexity index is 1680. The lowest BCUT2D eigenvalue weighted by atomic mass is 9.85. The van der Waals surface area contributed by atoms with Crippen molar-refractivity contribution < 1.29 is 32.1 Å². The first-order valence-corrected chi connectivity index (χ1v) is 12.3. The summed E-state index contributed by atoms with van der Waals surface area (Å²) in [7, 11) is 0. The van der Waals surface area contributed by atoms with Crippen LogP contribution < -0.4 is 0 Å². The second kappa shape index (κ2) is 8.87. The Morgan fingerprint density at radius 3 is 2.46 bits per heavy atom. The van der Waals surface area contributed by atoms with Crippen LogP contribution >= 0.6 is 0 Å². The van der Waals surface area contributed by atoms with Crippen molar-refractivity contribution in [3.05, 3.63) is 89.9 Å². The molecule has 2 atom stereocenters. The number of fused-ring (bicyclic) bond motifs is 2. The van der Waals surface area contributed by atoms with E-state index in [1.807, 2.05) is 0 Å². The van der Waals surface area contributed by atoms with Crippen molar-refractivity contribution in [2.24, 2.45) is 0 Å². The van der Waals surface area contributed by atoms with Crippen LogP contribution in [0, 0.1) is 5.82 Å². The molecule has 0 saturated carbocycles. The topological polar surface area (TPSA) is 74.3 Å². The van der Waals surface area contributed by atoms with Crippen molar-refractivity contribution in [3.63, 3.8) is 0 Å². The summed E-state index contributed by atoms with van der Waals surface area (Å²) in [5.41, 5.74) is -2.51. The fraction of sp³-hybridized carbons (Fsp3) is 0.286. The number of nitrogens with zero attached hydrogens (tertiary/aromatic N) is 4. The fourth-order valence-corrected chi connectivity index (χ4v) is 5.15. The molecule has 2 aromatic heterocycles. The molecule has 1 aliphatic heterocycles. The van der Waals surface area contributed by atoms with Gasteiger partial charge >= 0.3 is 6.18 Å². The average molecular weight is 541 g/mol. The predicted octanol–water partition coefficient (Wildman–Crippen LogP) is 5.46. The van der Waals surface area contributed by atoms with Crippen LogP contribution in [0.4, 0.5) is 17.6 Å². The zero-order valence-corrected chi connectivity index (χ0v) is 21.0. The van der Waals surface area contributed by atoms with Crippen molar-refractivity contribution in [1.82, 2.24) is 19.6 Å². The van der Waals surface area contributed by atoms with E-state index in [-0.39, 0.29) is 29.1 Å². The van der Waals surface area contributed by atoms with Crippen molar-refractivity contribution in [1.29, 1.82) is 0 Å². The van der Waals surface area contributed by atoms with E-state index in [2.05, 4.69) is 10.3 Å². The predicted molar refractivity (Wildman–Crippen MR) is 135 cm³/mol. The van der Waals surface area contributed by atoms with Gasteiger partial charge in [-0.25, -0.2) is 9.07 Å². The quantitative estimate of drug-likeness (QED) is 0.300. The summed E-state index contributed by atoms with van der Waals surface area (Å²) >= 11 is 0. The maximum absolute atomic E-state index is 14.8. The molecule has 0 amide bonds. The molecule has 3 aromatic carbocycles. The van der Waals surface area contributed by atoms with Gasteiger partial charge in [0.15, 0.2) is 5.79 Å². The minimum Gasteiger partial charge on any atom is -0.372 e. The Hall–Kier alpha value is -3.80. The molecule has 1 aliphatic rings. The van der Waals surface area contributed by atoms with Gasteiger partial charge in [-0.1, -0.05) is 29.5 Å². The second-order valence-electron chi connectivity index (χ2n) is 10.1. The Morgan fingerprint density at radius 2 is 1.77 bits per heavy atom. The summed E-state index contributed by atoms with van der Waals surface area (Å²) in [6, 6.07) is 15.9. The first-order valence-electron chi connectivity index (χ1n) is 12.3. The minimum absolute atomic E-state index is 0.141. The Balaban J connectivity index is 1.47. The molecule has 7 nitrogen and oxygen atoms in total. The molecule has 39 heavy (non-hydrogen) atoms. The number of rotatable bonds is 5. The molecular weight excluding hydrogens is 516 g/mol. The van der Waals surface area contributed by atoms with Crippen molar-refractivity contribution in [3.8, 4) is 5.69 Å². The van der Waals surface area contributed by atoms with Gasteiger partial charge in [0.05, 0.1) is 24.4 Å². The second-order valence-corrected chi connectivity index (χ2v) is 10.1. The smallest absolute Gasteiger partial charge is 0.372 e. The van der Waals surface area contributed by atoms with Crippen molar-refractivity contribution >= 4 is 21.9 Å². The maximum Gasteiger partial charge on any atom is 0.425 e. The van der Waals surface area contributed by atoms with E-state index in [4.69, 9.17) is 9.47 Å². The van der Waals surface area contributed by atoms with Gasteiger partial charge in [-0.2, -0.15) is 13.2 Å². The lowest BCUT2D eigenvalue weighted by Crippen LogP contribution is -2.43. The highest BCUT2D eigenvalue weighted by Crippen LogP contribution is 2.47. The van der Waals surface area contributed by atoms with E-state index in [0.29, 0.717) is 23.3 Å². The monoisotopic (exact) mass is 540 g/mol. The van der Waals surface area contributed by atoms with E-state index >= 15 is 0 Å². The molecule has 0 aliphatic carbocycles.